The van der Waals surface area contributed by atoms with Crippen LogP contribution in [0.25, 0.3) is 5.82 Å². The predicted molar refractivity (Wildman–Crippen MR) is 105 cm³/mol. The lowest BCUT2D eigenvalue weighted by Gasteiger charge is -2.16. The molecule has 0 radical (unpaired) electrons. The quantitative estimate of drug-likeness (QED) is 0.705. The van der Waals surface area contributed by atoms with Crippen LogP contribution in [0.5, 0.6) is 5.75 Å². The highest BCUT2D eigenvalue weighted by Crippen LogP contribution is 2.17. The molecular weight excluding hydrogens is 358 g/mol. The van der Waals surface area contributed by atoms with Gasteiger partial charge in [-0.3, -0.25) is 9.59 Å². The lowest BCUT2D eigenvalue weighted by Crippen LogP contribution is -2.37. The van der Waals surface area contributed by atoms with E-state index >= 15 is 0 Å². The van der Waals surface area contributed by atoms with Gasteiger partial charge in [-0.05, 0) is 39.0 Å². The Labute approximate surface area is 162 Å². The lowest BCUT2D eigenvalue weighted by atomic mass is 10.2. The summed E-state index contributed by atoms with van der Waals surface area (Å²) < 4.78 is 8.10. The number of benzene rings is 1. The number of aromatic nitrogens is 4. The number of ether oxygens (including phenoxy) is 1. The molecule has 3 aromatic rings. The number of rotatable bonds is 6. The van der Waals surface area contributed by atoms with Crippen molar-refractivity contribution in [3.8, 4) is 11.6 Å². The third-order valence-electron chi connectivity index (χ3n) is 4.43. The highest BCUT2D eigenvalue weighted by Gasteiger charge is 2.19. The van der Waals surface area contributed by atoms with E-state index in [9.17, 15) is 9.59 Å². The number of para-hydroxylation sites is 1. The Hall–Kier alpha value is -3.42. The number of aryl methyl sites for hydroxylation is 2. The van der Waals surface area contributed by atoms with Crippen LogP contribution in [-0.4, -0.2) is 32.6 Å². The first kappa shape index (κ1) is 19.3. The minimum atomic E-state index is -0.779. The topological polar surface area (TPSA) is 91.0 Å². The molecular formula is C20H23N5O3. The highest BCUT2D eigenvalue weighted by molar-refractivity contribution is 5.79. The number of carbonyl (C=O) groups excluding carboxylic acids is 1. The van der Waals surface area contributed by atoms with Crippen LogP contribution in [0, 0.1) is 13.8 Å². The second kappa shape index (κ2) is 8.08. The summed E-state index contributed by atoms with van der Waals surface area (Å²) in [5.41, 5.74) is 2.23. The number of hydrogen-bond donors (Lipinski definition) is 1. The molecule has 0 saturated carbocycles. The highest BCUT2D eigenvalue weighted by atomic mass is 16.5. The van der Waals surface area contributed by atoms with Gasteiger partial charge in [0.15, 0.2) is 5.82 Å². The summed E-state index contributed by atoms with van der Waals surface area (Å²) in [5.74, 6) is 0.859. The van der Waals surface area contributed by atoms with E-state index in [0.29, 0.717) is 18.1 Å². The number of nitrogens with zero attached hydrogens (tertiary/aromatic N) is 4. The lowest BCUT2D eigenvalue weighted by molar-refractivity contribution is -0.124. The standard InChI is InChI=1S/C20H23N5O3/c1-13-11-14(2)24(22-13)18-9-10-19(26)25(23-18)15(3)20(27)21-12-16-7-5-6-8-17(16)28-4/h5-11,15H,12H2,1-4H3,(H,21,27). The smallest absolute Gasteiger partial charge is 0.267 e. The van der Waals surface area contributed by atoms with Crippen LogP contribution in [0.2, 0.25) is 0 Å². The van der Waals surface area contributed by atoms with Crippen molar-refractivity contribution < 1.29 is 9.53 Å². The minimum absolute atomic E-state index is 0.291. The molecule has 1 aromatic carbocycles. The molecule has 1 amide bonds. The molecule has 1 N–H and O–H groups in total. The number of amides is 1. The fraction of sp³-hybridized carbons (Fsp3) is 0.300. The molecule has 0 aliphatic rings. The van der Waals surface area contributed by atoms with Gasteiger partial charge in [-0.2, -0.15) is 5.10 Å². The third-order valence-corrected chi connectivity index (χ3v) is 4.43. The van der Waals surface area contributed by atoms with Gasteiger partial charge in [0.05, 0.1) is 12.8 Å². The van der Waals surface area contributed by atoms with Crippen molar-refractivity contribution in [3.63, 3.8) is 0 Å². The second-order valence-corrected chi connectivity index (χ2v) is 6.52. The normalized spacial score (nSPS) is 11.9. The fourth-order valence-electron chi connectivity index (χ4n) is 2.96. The van der Waals surface area contributed by atoms with E-state index < -0.39 is 6.04 Å². The maximum atomic E-state index is 12.6. The van der Waals surface area contributed by atoms with Crippen molar-refractivity contribution in [3.05, 3.63) is 69.8 Å². The monoisotopic (exact) mass is 381 g/mol. The van der Waals surface area contributed by atoms with Crippen LogP contribution in [0.15, 0.2) is 47.3 Å². The summed E-state index contributed by atoms with van der Waals surface area (Å²) in [4.78, 5) is 24.9. The van der Waals surface area contributed by atoms with Crippen LogP contribution in [-0.2, 0) is 11.3 Å². The largest absolute Gasteiger partial charge is 0.496 e. The predicted octanol–water partition coefficient (Wildman–Crippen LogP) is 1.93. The van der Waals surface area contributed by atoms with Gasteiger partial charge in [-0.15, -0.1) is 5.10 Å². The van der Waals surface area contributed by atoms with Crippen molar-refractivity contribution in [2.24, 2.45) is 0 Å². The minimum Gasteiger partial charge on any atom is -0.496 e. The van der Waals surface area contributed by atoms with Gasteiger partial charge in [0.1, 0.15) is 11.8 Å². The molecule has 0 spiro atoms. The Kier molecular flexibility index (Phi) is 5.58. The number of hydrogen-bond acceptors (Lipinski definition) is 5. The molecule has 0 aliphatic carbocycles. The third kappa shape index (κ3) is 3.95. The zero-order valence-electron chi connectivity index (χ0n) is 16.3. The van der Waals surface area contributed by atoms with Crippen LogP contribution in [0.3, 0.4) is 0 Å². The van der Waals surface area contributed by atoms with Crippen molar-refractivity contribution in [2.45, 2.75) is 33.4 Å². The molecule has 2 heterocycles. The Morgan fingerprint density at radius 1 is 1.18 bits per heavy atom. The van der Waals surface area contributed by atoms with Gasteiger partial charge in [-0.1, -0.05) is 18.2 Å². The Morgan fingerprint density at radius 3 is 2.61 bits per heavy atom. The fourth-order valence-corrected chi connectivity index (χ4v) is 2.96. The first-order valence-electron chi connectivity index (χ1n) is 8.94. The van der Waals surface area contributed by atoms with E-state index in [0.717, 1.165) is 17.0 Å². The summed E-state index contributed by atoms with van der Waals surface area (Å²) in [5, 5.41) is 11.6. The Morgan fingerprint density at radius 2 is 1.93 bits per heavy atom. The Bertz CT molecular complexity index is 1050. The molecule has 0 aliphatic heterocycles. The van der Waals surface area contributed by atoms with Gasteiger partial charge in [-0.25, -0.2) is 9.36 Å². The van der Waals surface area contributed by atoms with Crippen LogP contribution in [0.4, 0.5) is 0 Å². The van der Waals surface area contributed by atoms with Crippen molar-refractivity contribution in [1.82, 2.24) is 24.9 Å². The molecule has 1 unspecified atom stereocenters. The van der Waals surface area contributed by atoms with E-state index in [4.69, 9.17) is 4.74 Å². The van der Waals surface area contributed by atoms with Gasteiger partial charge < -0.3 is 10.1 Å². The number of methoxy groups -OCH3 is 1. The van der Waals surface area contributed by atoms with E-state index in [2.05, 4.69) is 15.5 Å². The first-order valence-corrected chi connectivity index (χ1v) is 8.94. The van der Waals surface area contributed by atoms with Crippen LogP contribution in [0.1, 0.15) is 29.9 Å². The summed E-state index contributed by atoms with van der Waals surface area (Å²) in [6.07, 6.45) is 0. The first-order chi connectivity index (χ1) is 13.4. The summed E-state index contributed by atoms with van der Waals surface area (Å²) >= 11 is 0. The molecule has 0 bridgehead atoms. The van der Waals surface area contributed by atoms with Crippen molar-refractivity contribution >= 4 is 5.91 Å². The molecule has 2 aromatic heterocycles. The van der Waals surface area contributed by atoms with Crippen LogP contribution >= 0.6 is 0 Å². The average Bonchev–Trinajstić information content (AvgIpc) is 3.04. The number of nitrogens with one attached hydrogen (secondary N) is 1. The molecule has 8 nitrogen and oxygen atoms in total. The summed E-state index contributed by atoms with van der Waals surface area (Å²) in [6, 6.07) is 11.6. The van der Waals surface area contributed by atoms with Gasteiger partial charge in [0.2, 0.25) is 5.91 Å². The van der Waals surface area contributed by atoms with E-state index in [1.54, 1.807) is 24.8 Å². The molecule has 8 heteroatoms. The van der Waals surface area contributed by atoms with Crippen molar-refractivity contribution in [1.29, 1.82) is 0 Å². The zero-order valence-corrected chi connectivity index (χ0v) is 16.3. The van der Waals surface area contributed by atoms with Gasteiger partial charge in [0, 0.05) is 23.9 Å². The van der Waals surface area contributed by atoms with Gasteiger partial charge >= 0.3 is 0 Å². The van der Waals surface area contributed by atoms with Crippen molar-refractivity contribution in [2.75, 3.05) is 7.11 Å². The SMILES string of the molecule is COc1ccccc1CNC(=O)C(C)n1nc(-n2nc(C)cc2C)ccc1=O. The molecule has 1 atom stereocenters. The summed E-state index contributed by atoms with van der Waals surface area (Å²) in [6.45, 7) is 5.71. The van der Waals surface area contributed by atoms with Gasteiger partial charge in [0.25, 0.3) is 5.56 Å². The maximum absolute atomic E-state index is 12.6. The molecule has 0 saturated heterocycles. The van der Waals surface area contributed by atoms with E-state index in [-0.39, 0.29) is 11.5 Å². The zero-order chi connectivity index (χ0) is 20.3. The van der Waals surface area contributed by atoms with E-state index in [1.807, 2.05) is 44.2 Å². The molecule has 0 fully saturated rings. The average molecular weight is 381 g/mol. The van der Waals surface area contributed by atoms with Crippen LogP contribution < -0.4 is 15.6 Å². The Balaban J connectivity index is 1.80. The summed E-state index contributed by atoms with van der Waals surface area (Å²) in [7, 11) is 1.58. The maximum Gasteiger partial charge on any atom is 0.267 e. The molecule has 28 heavy (non-hydrogen) atoms. The van der Waals surface area contributed by atoms with E-state index in [1.165, 1.54) is 10.7 Å². The molecule has 3 rings (SSSR count). The number of carbonyl (C=O) groups is 1. The second-order valence-electron chi connectivity index (χ2n) is 6.52. The molecule has 146 valence electrons.